The van der Waals surface area contributed by atoms with Gasteiger partial charge >= 0.3 is 6.03 Å². The molecule has 2 N–H and O–H groups in total. The number of para-hydroxylation sites is 2. The summed E-state index contributed by atoms with van der Waals surface area (Å²) in [6.45, 7) is 2.29. The maximum atomic E-state index is 12.1. The average Bonchev–Trinajstić information content (AvgIpc) is 2.99. The summed E-state index contributed by atoms with van der Waals surface area (Å²) in [5.41, 5.74) is 2.81. The van der Waals surface area contributed by atoms with E-state index in [0.717, 1.165) is 29.9 Å². The molecule has 2 amide bonds. The third-order valence-electron chi connectivity index (χ3n) is 4.24. The van der Waals surface area contributed by atoms with Gasteiger partial charge in [-0.1, -0.05) is 23.7 Å². The first-order valence-electron chi connectivity index (χ1n) is 8.92. The Bertz CT molecular complexity index is 904. The molecule has 0 fully saturated rings. The summed E-state index contributed by atoms with van der Waals surface area (Å²) in [4.78, 5) is 19.0. The van der Waals surface area contributed by atoms with Crippen LogP contribution in [0, 0.1) is 0 Å². The van der Waals surface area contributed by atoms with Crippen molar-refractivity contribution in [3.05, 3.63) is 59.4 Å². The molecule has 0 aliphatic carbocycles. The fraction of sp³-hybridized carbons (Fsp3) is 0.300. The highest BCUT2D eigenvalue weighted by Gasteiger charge is 2.11. The van der Waals surface area contributed by atoms with Crippen molar-refractivity contribution in [3.63, 3.8) is 0 Å². The fourth-order valence-corrected chi connectivity index (χ4v) is 2.99. The number of urea groups is 1. The first-order chi connectivity index (χ1) is 13.0. The molecule has 0 aliphatic rings. The number of amides is 2. The van der Waals surface area contributed by atoms with Gasteiger partial charge < -0.3 is 20.1 Å². The summed E-state index contributed by atoms with van der Waals surface area (Å²) in [6.07, 6.45) is 0.663. The number of imidazole rings is 1. The molecule has 7 heteroatoms. The lowest BCUT2D eigenvalue weighted by molar-refractivity contribution is 0.252. The van der Waals surface area contributed by atoms with Gasteiger partial charge in [-0.05, 0) is 50.5 Å². The average molecular weight is 386 g/mol. The topological polar surface area (TPSA) is 62.2 Å². The van der Waals surface area contributed by atoms with E-state index in [2.05, 4.69) is 40.3 Å². The van der Waals surface area contributed by atoms with Gasteiger partial charge in [0.2, 0.25) is 0 Å². The van der Waals surface area contributed by atoms with Crippen LogP contribution in [0.25, 0.3) is 11.0 Å². The van der Waals surface area contributed by atoms with Crippen LogP contribution < -0.4 is 10.6 Å². The predicted molar refractivity (Wildman–Crippen MR) is 110 cm³/mol. The first kappa shape index (κ1) is 19.2. The van der Waals surface area contributed by atoms with Crippen LogP contribution in [0.3, 0.4) is 0 Å². The van der Waals surface area contributed by atoms with Crippen LogP contribution in [0.15, 0.2) is 48.5 Å². The molecule has 0 unspecified atom stereocenters. The third kappa shape index (κ3) is 5.21. The zero-order valence-electron chi connectivity index (χ0n) is 15.6. The van der Waals surface area contributed by atoms with Gasteiger partial charge in [0, 0.05) is 36.8 Å². The number of rotatable bonds is 7. The molecule has 0 aliphatic heterocycles. The molecule has 6 nitrogen and oxygen atoms in total. The summed E-state index contributed by atoms with van der Waals surface area (Å²) in [5.74, 6) is 0.977. The van der Waals surface area contributed by atoms with Gasteiger partial charge in [0.25, 0.3) is 0 Å². The van der Waals surface area contributed by atoms with E-state index in [-0.39, 0.29) is 6.03 Å². The molecule has 0 atom stereocenters. The molecule has 3 rings (SSSR count). The van der Waals surface area contributed by atoms with E-state index in [1.54, 1.807) is 24.3 Å². The lowest BCUT2D eigenvalue weighted by Crippen LogP contribution is -2.31. The second-order valence-electron chi connectivity index (χ2n) is 6.61. The van der Waals surface area contributed by atoms with E-state index in [9.17, 15) is 4.79 Å². The van der Waals surface area contributed by atoms with Crippen LogP contribution in [-0.4, -0.2) is 47.7 Å². The molecular formula is C20H24ClN5O. The monoisotopic (exact) mass is 385 g/mol. The second-order valence-corrected chi connectivity index (χ2v) is 7.05. The number of halogens is 1. The Kier molecular flexibility index (Phi) is 6.32. The summed E-state index contributed by atoms with van der Waals surface area (Å²) in [6, 6.07) is 14.9. The quantitative estimate of drug-likeness (QED) is 0.653. The van der Waals surface area contributed by atoms with Crippen molar-refractivity contribution in [2.75, 3.05) is 32.5 Å². The Labute approximate surface area is 164 Å². The van der Waals surface area contributed by atoms with E-state index in [1.165, 1.54) is 0 Å². The Morgan fingerprint density at radius 3 is 2.63 bits per heavy atom. The number of aromatic nitrogens is 2. The molecule has 1 heterocycles. The van der Waals surface area contributed by atoms with E-state index >= 15 is 0 Å². The summed E-state index contributed by atoms with van der Waals surface area (Å²) in [7, 11) is 4.11. The Hall–Kier alpha value is -2.57. The second kappa shape index (κ2) is 8.88. The molecule has 27 heavy (non-hydrogen) atoms. The molecular weight excluding hydrogens is 362 g/mol. The zero-order valence-corrected chi connectivity index (χ0v) is 16.3. The molecule has 0 saturated heterocycles. The normalized spacial score (nSPS) is 11.1. The van der Waals surface area contributed by atoms with Crippen LogP contribution in [0.5, 0.6) is 0 Å². The van der Waals surface area contributed by atoms with Crippen LogP contribution >= 0.6 is 11.6 Å². The molecule has 0 radical (unpaired) electrons. The minimum absolute atomic E-state index is 0.242. The van der Waals surface area contributed by atoms with Crippen LogP contribution in [0.2, 0.25) is 5.02 Å². The number of benzene rings is 2. The zero-order chi connectivity index (χ0) is 19.2. The Balaban J connectivity index is 1.61. The molecule has 0 bridgehead atoms. The largest absolute Gasteiger partial charge is 0.337 e. The van der Waals surface area contributed by atoms with Crippen LogP contribution in [0.4, 0.5) is 10.5 Å². The number of carbonyl (C=O) groups is 1. The number of carbonyl (C=O) groups excluding carboxylic acids is 1. The number of fused-ring (bicyclic) bond motifs is 1. The third-order valence-corrected chi connectivity index (χ3v) is 4.49. The van der Waals surface area contributed by atoms with E-state index in [4.69, 9.17) is 16.6 Å². The fourth-order valence-electron chi connectivity index (χ4n) is 2.86. The SMILES string of the molecule is CN(C)CCn1c(CCNC(=O)Nc2ccc(Cl)cc2)nc2ccccc21. The highest BCUT2D eigenvalue weighted by atomic mass is 35.5. The summed E-state index contributed by atoms with van der Waals surface area (Å²) >= 11 is 5.85. The van der Waals surface area contributed by atoms with Crippen molar-refractivity contribution in [2.24, 2.45) is 0 Å². The van der Waals surface area contributed by atoms with Gasteiger partial charge in [-0.2, -0.15) is 0 Å². The van der Waals surface area contributed by atoms with E-state index in [1.807, 2.05) is 18.2 Å². The molecule has 1 aromatic heterocycles. The van der Waals surface area contributed by atoms with Crippen molar-refractivity contribution in [1.29, 1.82) is 0 Å². The molecule has 3 aromatic rings. The summed E-state index contributed by atoms with van der Waals surface area (Å²) < 4.78 is 2.23. The molecule has 0 saturated carbocycles. The smallest absolute Gasteiger partial charge is 0.319 e. The molecule has 0 spiro atoms. The number of nitrogens with zero attached hydrogens (tertiary/aromatic N) is 3. The Morgan fingerprint density at radius 2 is 1.89 bits per heavy atom. The molecule has 2 aromatic carbocycles. The first-order valence-corrected chi connectivity index (χ1v) is 9.30. The van der Waals surface area contributed by atoms with Crippen molar-refractivity contribution >= 4 is 34.4 Å². The van der Waals surface area contributed by atoms with Crippen molar-refractivity contribution in [2.45, 2.75) is 13.0 Å². The number of likely N-dealkylation sites (N-methyl/N-ethyl adjacent to an activating group) is 1. The van der Waals surface area contributed by atoms with E-state index in [0.29, 0.717) is 23.7 Å². The van der Waals surface area contributed by atoms with Gasteiger partial charge in [0.15, 0.2) is 0 Å². The van der Waals surface area contributed by atoms with Gasteiger partial charge in [-0.25, -0.2) is 9.78 Å². The highest BCUT2D eigenvalue weighted by molar-refractivity contribution is 6.30. The number of hydrogen-bond donors (Lipinski definition) is 2. The van der Waals surface area contributed by atoms with Crippen molar-refractivity contribution < 1.29 is 4.79 Å². The number of nitrogens with one attached hydrogen (secondary N) is 2. The Morgan fingerprint density at radius 1 is 1.15 bits per heavy atom. The number of hydrogen-bond acceptors (Lipinski definition) is 3. The van der Waals surface area contributed by atoms with Gasteiger partial charge in [-0.15, -0.1) is 0 Å². The van der Waals surface area contributed by atoms with Crippen molar-refractivity contribution in [3.8, 4) is 0 Å². The maximum Gasteiger partial charge on any atom is 0.319 e. The lowest BCUT2D eigenvalue weighted by atomic mass is 10.3. The lowest BCUT2D eigenvalue weighted by Gasteiger charge is -2.14. The van der Waals surface area contributed by atoms with E-state index < -0.39 is 0 Å². The van der Waals surface area contributed by atoms with Crippen LogP contribution in [0.1, 0.15) is 5.82 Å². The standard InChI is InChI=1S/C20H24ClN5O/c1-25(2)13-14-26-18-6-4-3-5-17(18)24-19(26)11-12-22-20(27)23-16-9-7-15(21)8-10-16/h3-10H,11-14H2,1-2H3,(H2,22,23,27). The predicted octanol–water partition coefficient (Wildman–Crippen LogP) is 3.62. The van der Waals surface area contributed by atoms with Gasteiger partial charge in [0.1, 0.15) is 5.82 Å². The van der Waals surface area contributed by atoms with Gasteiger partial charge in [0.05, 0.1) is 11.0 Å². The minimum Gasteiger partial charge on any atom is -0.337 e. The number of anilines is 1. The highest BCUT2D eigenvalue weighted by Crippen LogP contribution is 2.16. The van der Waals surface area contributed by atoms with Gasteiger partial charge in [-0.3, -0.25) is 0 Å². The van der Waals surface area contributed by atoms with Crippen molar-refractivity contribution in [1.82, 2.24) is 19.8 Å². The minimum atomic E-state index is -0.242. The van der Waals surface area contributed by atoms with Crippen LogP contribution in [-0.2, 0) is 13.0 Å². The summed E-state index contributed by atoms with van der Waals surface area (Å²) in [5, 5.41) is 6.31. The molecule has 142 valence electrons. The maximum absolute atomic E-state index is 12.1.